The standard InChI is InChI=1S/C14H19F2N3O/c15-11-1-2-13(12(16)7-11)18-14(20)9-19-5-3-10(8-17)4-6-19/h1-2,7,10H,3-6,8-9,17H2,(H,18,20). The molecule has 0 aromatic heterocycles. The Morgan fingerprint density at radius 2 is 2.05 bits per heavy atom. The second kappa shape index (κ2) is 6.76. The number of nitrogens with one attached hydrogen (secondary N) is 1. The number of carbonyl (C=O) groups excluding carboxylic acids is 1. The zero-order chi connectivity index (χ0) is 14.5. The summed E-state index contributed by atoms with van der Waals surface area (Å²) >= 11 is 0. The summed E-state index contributed by atoms with van der Waals surface area (Å²) in [5, 5.41) is 2.46. The number of rotatable bonds is 4. The molecule has 1 heterocycles. The Labute approximate surface area is 116 Å². The molecule has 0 bridgehead atoms. The number of carbonyl (C=O) groups is 1. The lowest BCUT2D eigenvalue weighted by atomic mass is 9.97. The van der Waals surface area contributed by atoms with Crippen LogP contribution in [0, 0.1) is 17.6 Å². The molecule has 1 fully saturated rings. The molecule has 0 aliphatic carbocycles. The molecule has 0 atom stereocenters. The van der Waals surface area contributed by atoms with Gasteiger partial charge in [-0.2, -0.15) is 0 Å². The third kappa shape index (κ3) is 3.98. The number of halogens is 2. The van der Waals surface area contributed by atoms with Gasteiger partial charge in [-0.1, -0.05) is 0 Å². The van der Waals surface area contributed by atoms with Crippen molar-refractivity contribution in [3.8, 4) is 0 Å². The molecular formula is C14H19F2N3O. The van der Waals surface area contributed by atoms with E-state index in [9.17, 15) is 13.6 Å². The number of likely N-dealkylation sites (tertiary alicyclic amines) is 1. The first-order valence-electron chi connectivity index (χ1n) is 6.76. The van der Waals surface area contributed by atoms with Crippen LogP contribution in [0.4, 0.5) is 14.5 Å². The van der Waals surface area contributed by atoms with Gasteiger partial charge in [0, 0.05) is 6.07 Å². The van der Waals surface area contributed by atoms with E-state index in [0.717, 1.165) is 38.1 Å². The molecule has 6 heteroatoms. The normalized spacial score (nSPS) is 17.1. The third-order valence-corrected chi connectivity index (χ3v) is 3.61. The number of hydrogen-bond donors (Lipinski definition) is 2. The average molecular weight is 283 g/mol. The van der Waals surface area contributed by atoms with Crippen LogP contribution in [-0.4, -0.2) is 37.0 Å². The number of amides is 1. The molecule has 0 unspecified atom stereocenters. The van der Waals surface area contributed by atoms with E-state index in [1.807, 2.05) is 4.90 Å². The zero-order valence-corrected chi connectivity index (χ0v) is 11.2. The third-order valence-electron chi connectivity index (χ3n) is 3.61. The van der Waals surface area contributed by atoms with E-state index < -0.39 is 11.6 Å². The molecule has 20 heavy (non-hydrogen) atoms. The summed E-state index contributed by atoms with van der Waals surface area (Å²) in [4.78, 5) is 13.8. The van der Waals surface area contributed by atoms with Crippen molar-refractivity contribution < 1.29 is 13.6 Å². The lowest BCUT2D eigenvalue weighted by Crippen LogP contribution is -2.40. The minimum Gasteiger partial charge on any atom is -0.330 e. The number of hydrogen-bond acceptors (Lipinski definition) is 3. The summed E-state index contributed by atoms with van der Waals surface area (Å²) in [6, 6.07) is 3.09. The monoisotopic (exact) mass is 283 g/mol. The first kappa shape index (κ1) is 14.9. The minimum absolute atomic E-state index is 0.00763. The number of benzene rings is 1. The number of nitrogens with two attached hydrogens (primary N) is 1. The number of nitrogens with zero attached hydrogens (tertiary/aromatic N) is 1. The van der Waals surface area contributed by atoms with Crippen molar-refractivity contribution in [1.29, 1.82) is 0 Å². The van der Waals surface area contributed by atoms with Crippen molar-refractivity contribution >= 4 is 11.6 Å². The Morgan fingerprint density at radius 3 is 2.65 bits per heavy atom. The Morgan fingerprint density at radius 1 is 1.35 bits per heavy atom. The van der Waals surface area contributed by atoms with Gasteiger partial charge in [0.05, 0.1) is 12.2 Å². The molecule has 2 rings (SSSR count). The fourth-order valence-electron chi connectivity index (χ4n) is 2.36. The summed E-state index contributed by atoms with van der Waals surface area (Å²) in [5.41, 5.74) is 5.62. The van der Waals surface area contributed by atoms with Gasteiger partial charge in [-0.15, -0.1) is 0 Å². The van der Waals surface area contributed by atoms with Crippen LogP contribution < -0.4 is 11.1 Å². The molecule has 1 aliphatic heterocycles. The number of piperidine rings is 1. The highest BCUT2D eigenvalue weighted by Crippen LogP contribution is 2.17. The zero-order valence-electron chi connectivity index (χ0n) is 11.2. The second-order valence-electron chi connectivity index (χ2n) is 5.13. The number of anilines is 1. The molecular weight excluding hydrogens is 264 g/mol. The van der Waals surface area contributed by atoms with Crippen LogP contribution in [0.25, 0.3) is 0 Å². The molecule has 1 aromatic carbocycles. The van der Waals surface area contributed by atoms with E-state index in [4.69, 9.17) is 5.73 Å². The lowest BCUT2D eigenvalue weighted by molar-refractivity contribution is -0.117. The van der Waals surface area contributed by atoms with Gasteiger partial charge in [0.25, 0.3) is 0 Å². The van der Waals surface area contributed by atoms with Gasteiger partial charge in [-0.05, 0) is 50.5 Å². The van der Waals surface area contributed by atoms with Crippen molar-refractivity contribution in [2.24, 2.45) is 11.7 Å². The van der Waals surface area contributed by atoms with E-state index >= 15 is 0 Å². The second-order valence-corrected chi connectivity index (χ2v) is 5.13. The van der Waals surface area contributed by atoms with Crippen molar-refractivity contribution in [3.05, 3.63) is 29.8 Å². The van der Waals surface area contributed by atoms with Gasteiger partial charge in [-0.3, -0.25) is 9.69 Å². The van der Waals surface area contributed by atoms with Crippen molar-refractivity contribution in [1.82, 2.24) is 4.90 Å². The highest BCUT2D eigenvalue weighted by molar-refractivity contribution is 5.92. The van der Waals surface area contributed by atoms with Crippen LogP contribution in [-0.2, 0) is 4.79 Å². The van der Waals surface area contributed by atoms with E-state index in [2.05, 4.69) is 5.32 Å². The Kier molecular flexibility index (Phi) is 5.03. The SMILES string of the molecule is NCC1CCN(CC(=O)Nc2ccc(F)cc2F)CC1. The van der Waals surface area contributed by atoms with Crippen molar-refractivity contribution in [2.45, 2.75) is 12.8 Å². The molecule has 0 saturated carbocycles. The fourth-order valence-corrected chi connectivity index (χ4v) is 2.36. The predicted molar refractivity (Wildman–Crippen MR) is 73.2 cm³/mol. The van der Waals surface area contributed by atoms with Crippen LogP contribution in [0.5, 0.6) is 0 Å². The van der Waals surface area contributed by atoms with Gasteiger partial charge < -0.3 is 11.1 Å². The Hall–Kier alpha value is -1.53. The summed E-state index contributed by atoms with van der Waals surface area (Å²) in [7, 11) is 0. The van der Waals surface area contributed by atoms with Gasteiger partial charge in [0.1, 0.15) is 11.6 Å². The Balaban J connectivity index is 1.84. The maximum absolute atomic E-state index is 13.4. The van der Waals surface area contributed by atoms with E-state index in [1.165, 1.54) is 6.07 Å². The van der Waals surface area contributed by atoms with E-state index in [0.29, 0.717) is 12.5 Å². The molecule has 0 spiro atoms. The van der Waals surface area contributed by atoms with Crippen molar-refractivity contribution in [2.75, 3.05) is 31.5 Å². The summed E-state index contributed by atoms with van der Waals surface area (Å²) in [5.74, 6) is -1.19. The van der Waals surface area contributed by atoms with Crippen LogP contribution in [0.2, 0.25) is 0 Å². The highest BCUT2D eigenvalue weighted by atomic mass is 19.1. The van der Waals surface area contributed by atoms with Crippen LogP contribution in [0.15, 0.2) is 18.2 Å². The summed E-state index contributed by atoms with van der Waals surface area (Å²) in [6.45, 7) is 2.54. The maximum atomic E-state index is 13.4. The quantitative estimate of drug-likeness (QED) is 0.882. The predicted octanol–water partition coefficient (Wildman–Crippen LogP) is 1.57. The first-order chi connectivity index (χ1) is 9.58. The molecule has 1 aliphatic rings. The van der Waals surface area contributed by atoms with Gasteiger partial charge in [0.2, 0.25) is 5.91 Å². The van der Waals surface area contributed by atoms with Crippen molar-refractivity contribution in [3.63, 3.8) is 0 Å². The maximum Gasteiger partial charge on any atom is 0.238 e. The largest absolute Gasteiger partial charge is 0.330 e. The molecule has 4 nitrogen and oxygen atoms in total. The molecule has 1 amide bonds. The minimum atomic E-state index is -0.764. The average Bonchev–Trinajstić information content (AvgIpc) is 2.43. The molecule has 110 valence electrons. The van der Waals surface area contributed by atoms with E-state index in [1.54, 1.807) is 0 Å². The van der Waals surface area contributed by atoms with Crippen LogP contribution >= 0.6 is 0 Å². The summed E-state index contributed by atoms with van der Waals surface area (Å²) < 4.78 is 26.2. The fraction of sp³-hybridized carbons (Fsp3) is 0.500. The molecule has 1 saturated heterocycles. The van der Waals surface area contributed by atoms with Crippen LogP contribution in [0.3, 0.4) is 0 Å². The first-order valence-corrected chi connectivity index (χ1v) is 6.76. The topological polar surface area (TPSA) is 58.4 Å². The molecule has 0 radical (unpaired) electrons. The van der Waals surface area contributed by atoms with Gasteiger partial charge >= 0.3 is 0 Å². The van der Waals surface area contributed by atoms with Gasteiger partial charge in [0.15, 0.2) is 0 Å². The smallest absolute Gasteiger partial charge is 0.238 e. The Bertz CT molecular complexity index is 473. The van der Waals surface area contributed by atoms with Gasteiger partial charge in [-0.25, -0.2) is 8.78 Å². The lowest BCUT2D eigenvalue weighted by Gasteiger charge is -2.30. The summed E-state index contributed by atoms with van der Waals surface area (Å²) in [6.07, 6.45) is 1.96. The highest BCUT2D eigenvalue weighted by Gasteiger charge is 2.20. The molecule has 1 aromatic rings. The van der Waals surface area contributed by atoms with E-state index in [-0.39, 0.29) is 18.1 Å². The molecule has 3 N–H and O–H groups in total. The van der Waals surface area contributed by atoms with Crippen LogP contribution in [0.1, 0.15) is 12.8 Å².